The number of hydrogen-bond donors (Lipinski definition) is 1. The predicted octanol–water partition coefficient (Wildman–Crippen LogP) is 2.96. The predicted molar refractivity (Wildman–Crippen MR) is 72.3 cm³/mol. The van der Waals surface area contributed by atoms with Crippen LogP contribution in [0.3, 0.4) is 0 Å². The molecule has 0 fully saturated rings. The SMILES string of the molecule is CNC(C)(C)c1nc(CSc2cccc(F)c2)no1. The molecule has 19 heavy (non-hydrogen) atoms. The molecule has 0 aliphatic rings. The summed E-state index contributed by atoms with van der Waals surface area (Å²) in [6.07, 6.45) is 0. The van der Waals surface area contributed by atoms with Gasteiger partial charge in [-0.15, -0.1) is 11.8 Å². The van der Waals surface area contributed by atoms with Gasteiger partial charge in [-0.25, -0.2) is 4.39 Å². The molecule has 0 saturated heterocycles. The molecular formula is C13H16FN3OS. The number of halogens is 1. The van der Waals surface area contributed by atoms with Crippen LogP contribution in [-0.2, 0) is 11.3 Å². The van der Waals surface area contributed by atoms with E-state index in [1.165, 1.54) is 23.9 Å². The molecule has 0 unspecified atom stereocenters. The van der Waals surface area contributed by atoms with Gasteiger partial charge in [0.1, 0.15) is 5.82 Å². The molecule has 1 heterocycles. The Hall–Kier alpha value is -1.40. The average Bonchev–Trinajstić information content (AvgIpc) is 2.86. The fraction of sp³-hybridized carbons (Fsp3) is 0.385. The number of nitrogens with zero attached hydrogens (tertiary/aromatic N) is 2. The van der Waals surface area contributed by atoms with Gasteiger partial charge in [-0.2, -0.15) is 4.98 Å². The van der Waals surface area contributed by atoms with Gasteiger partial charge in [0.2, 0.25) is 5.89 Å². The summed E-state index contributed by atoms with van der Waals surface area (Å²) in [5.74, 6) is 1.46. The van der Waals surface area contributed by atoms with Crippen molar-refractivity contribution in [1.29, 1.82) is 0 Å². The van der Waals surface area contributed by atoms with Gasteiger partial charge < -0.3 is 9.84 Å². The molecule has 102 valence electrons. The van der Waals surface area contributed by atoms with Crippen LogP contribution in [0, 0.1) is 5.82 Å². The Balaban J connectivity index is 2.01. The van der Waals surface area contributed by atoms with Gasteiger partial charge >= 0.3 is 0 Å². The molecule has 0 amide bonds. The molecule has 0 aliphatic carbocycles. The van der Waals surface area contributed by atoms with Gasteiger partial charge in [-0.1, -0.05) is 11.2 Å². The summed E-state index contributed by atoms with van der Waals surface area (Å²) in [7, 11) is 1.84. The summed E-state index contributed by atoms with van der Waals surface area (Å²) < 4.78 is 18.2. The van der Waals surface area contributed by atoms with Crippen molar-refractivity contribution in [1.82, 2.24) is 15.5 Å². The van der Waals surface area contributed by atoms with E-state index in [9.17, 15) is 4.39 Å². The second-order valence-electron chi connectivity index (χ2n) is 4.64. The average molecular weight is 281 g/mol. The minimum Gasteiger partial charge on any atom is -0.337 e. The minimum absolute atomic E-state index is 0.241. The molecule has 0 atom stereocenters. The zero-order valence-electron chi connectivity index (χ0n) is 11.1. The highest BCUT2D eigenvalue weighted by molar-refractivity contribution is 7.98. The normalized spacial score (nSPS) is 11.8. The van der Waals surface area contributed by atoms with Gasteiger partial charge in [-0.05, 0) is 39.1 Å². The number of nitrogens with one attached hydrogen (secondary N) is 1. The highest BCUT2D eigenvalue weighted by Crippen LogP contribution is 2.23. The smallest absolute Gasteiger partial charge is 0.246 e. The van der Waals surface area contributed by atoms with Crippen LogP contribution in [-0.4, -0.2) is 17.2 Å². The van der Waals surface area contributed by atoms with E-state index in [2.05, 4.69) is 15.5 Å². The van der Waals surface area contributed by atoms with Crippen LogP contribution in [0.4, 0.5) is 4.39 Å². The molecule has 0 radical (unpaired) electrons. The van der Waals surface area contributed by atoms with E-state index in [4.69, 9.17) is 4.52 Å². The van der Waals surface area contributed by atoms with E-state index in [-0.39, 0.29) is 11.4 Å². The van der Waals surface area contributed by atoms with Crippen LogP contribution >= 0.6 is 11.8 Å². The fourth-order valence-electron chi connectivity index (χ4n) is 1.38. The Kier molecular flexibility index (Phi) is 4.21. The van der Waals surface area contributed by atoms with Gasteiger partial charge in [0, 0.05) is 4.90 Å². The molecule has 0 spiro atoms. The number of aromatic nitrogens is 2. The molecule has 0 aliphatic heterocycles. The zero-order chi connectivity index (χ0) is 13.9. The third-order valence-electron chi connectivity index (χ3n) is 2.79. The second kappa shape index (κ2) is 5.71. The maximum absolute atomic E-state index is 13.0. The molecule has 2 rings (SSSR count). The minimum atomic E-state index is -0.352. The van der Waals surface area contributed by atoms with Gasteiger partial charge in [0.25, 0.3) is 0 Å². The van der Waals surface area contributed by atoms with Crippen molar-refractivity contribution in [2.24, 2.45) is 0 Å². The lowest BCUT2D eigenvalue weighted by Gasteiger charge is -2.17. The fourth-order valence-corrected chi connectivity index (χ4v) is 2.16. The van der Waals surface area contributed by atoms with Gasteiger partial charge in [-0.3, -0.25) is 0 Å². The van der Waals surface area contributed by atoms with Crippen LogP contribution in [0.5, 0.6) is 0 Å². The topological polar surface area (TPSA) is 51.0 Å². The Bertz CT molecular complexity index is 556. The van der Waals surface area contributed by atoms with E-state index in [1.54, 1.807) is 6.07 Å². The molecule has 1 aromatic carbocycles. The first-order chi connectivity index (χ1) is 9.01. The monoisotopic (exact) mass is 281 g/mol. The van der Waals surface area contributed by atoms with Crippen molar-refractivity contribution in [3.63, 3.8) is 0 Å². The highest BCUT2D eigenvalue weighted by atomic mass is 32.2. The summed E-state index contributed by atoms with van der Waals surface area (Å²) in [6, 6.07) is 6.45. The molecule has 1 aromatic heterocycles. The Morgan fingerprint density at radius 1 is 1.42 bits per heavy atom. The molecule has 0 bridgehead atoms. The number of benzene rings is 1. The zero-order valence-corrected chi connectivity index (χ0v) is 11.9. The summed E-state index contributed by atoms with van der Waals surface area (Å²) in [5.41, 5.74) is -0.352. The molecule has 4 nitrogen and oxygen atoms in total. The second-order valence-corrected chi connectivity index (χ2v) is 5.69. The third-order valence-corrected chi connectivity index (χ3v) is 3.78. The summed E-state index contributed by atoms with van der Waals surface area (Å²) in [6.45, 7) is 3.92. The standard InChI is InChI=1S/C13H16FN3OS/c1-13(2,15-3)12-16-11(17-18-12)8-19-10-6-4-5-9(14)7-10/h4-7,15H,8H2,1-3H3. The molecule has 6 heteroatoms. The Morgan fingerprint density at radius 2 is 2.21 bits per heavy atom. The van der Waals surface area contributed by atoms with Crippen molar-refractivity contribution in [3.8, 4) is 0 Å². The first kappa shape index (κ1) is 14.0. The van der Waals surface area contributed by atoms with E-state index >= 15 is 0 Å². The third kappa shape index (κ3) is 3.54. The lowest BCUT2D eigenvalue weighted by atomic mass is 10.1. The maximum atomic E-state index is 13.0. The Labute approximate surface area is 115 Å². The molecular weight excluding hydrogens is 265 g/mol. The van der Waals surface area contributed by atoms with Crippen molar-refractivity contribution in [2.45, 2.75) is 30.0 Å². The van der Waals surface area contributed by atoms with Gasteiger partial charge in [0.05, 0.1) is 11.3 Å². The van der Waals surface area contributed by atoms with E-state index in [1.807, 2.05) is 27.0 Å². The van der Waals surface area contributed by atoms with Crippen molar-refractivity contribution < 1.29 is 8.91 Å². The van der Waals surface area contributed by atoms with E-state index in [0.717, 1.165) is 4.90 Å². The van der Waals surface area contributed by atoms with Crippen molar-refractivity contribution in [2.75, 3.05) is 7.05 Å². The lowest BCUT2D eigenvalue weighted by Crippen LogP contribution is -2.33. The Morgan fingerprint density at radius 3 is 2.89 bits per heavy atom. The van der Waals surface area contributed by atoms with Crippen LogP contribution in [0.25, 0.3) is 0 Å². The first-order valence-electron chi connectivity index (χ1n) is 5.91. The van der Waals surface area contributed by atoms with Crippen molar-refractivity contribution >= 4 is 11.8 Å². The lowest BCUT2D eigenvalue weighted by molar-refractivity contribution is 0.280. The van der Waals surface area contributed by atoms with E-state index in [0.29, 0.717) is 17.5 Å². The van der Waals surface area contributed by atoms with Crippen LogP contribution in [0.1, 0.15) is 25.6 Å². The first-order valence-corrected chi connectivity index (χ1v) is 6.90. The number of thioether (sulfide) groups is 1. The summed E-state index contributed by atoms with van der Waals surface area (Å²) >= 11 is 1.47. The summed E-state index contributed by atoms with van der Waals surface area (Å²) in [5, 5.41) is 7.03. The largest absolute Gasteiger partial charge is 0.337 e. The maximum Gasteiger partial charge on any atom is 0.246 e. The van der Waals surface area contributed by atoms with Crippen LogP contribution < -0.4 is 5.32 Å². The number of rotatable bonds is 5. The highest BCUT2D eigenvalue weighted by Gasteiger charge is 2.25. The molecule has 1 N–H and O–H groups in total. The molecule has 2 aromatic rings. The van der Waals surface area contributed by atoms with Crippen LogP contribution in [0.15, 0.2) is 33.7 Å². The van der Waals surface area contributed by atoms with E-state index < -0.39 is 0 Å². The number of hydrogen-bond acceptors (Lipinski definition) is 5. The van der Waals surface area contributed by atoms with Gasteiger partial charge in [0.15, 0.2) is 5.82 Å². The van der Waals surface area contributed by atoms with Crippen LogP contribution in [0.2, 0.25) is 0 Å². The van der Waals surface area contributed by atoms with Crippen molar-refractivity contribution in [3.05, 3.63) is 41.8 Å². The molecule has 0 saturated carbocycles. The summed E-state index contributed by atoms with van der Waals surface area (Å²) in [4.78, 5) is 5.18. The quantitative estimate of drug-likeness (QED) is 0.854.